The summed E-state index contributed by atoms with van der Waals surface area (Å²) >= 11 is 0. The molecule has 0 radical (unpaired) electrons. The maximum Gasteiger partial charge on any atom is 0.154 e. The molecular weight excluding hydrogens is 164 g/mol. The van der Waals surface area contributed by atoms with Crippen LogP contribution in [0.2, 0.25) is 0 Å². The van der Waals surface area contributed by atoms with Crippen molar-refractivity contribution in [1.29, 1.82) is 0 Å². The van der Waals surface area contributed by atoms with Crippen LogP contribution in [0.3, 0.4) is 0 Å². The van der Waals surface area contributed by atoms with E-state index >= 15 is 0 Å². The molecular formula is C11H14O2. The molecule has 0 aliphatic carbocycles. The van der Waals surface area contributed by atoms with Crippen molar-refractivity contribution in [1.82, 2.24) is 0 Å². The monoisotopic (exact) mass is 178 g/mol. The summed E-state index contributed by atoms with van der Waals surface area (Å²) in [5, 5.41) is 0. The van der Waals surface area contributed by atoms with E-state index in [0.29, 0.717) is 11.3 Å². The lowest BCUT2D eigenvalue weighted by atomic mass is 10.1. The van der Waals surface area contributed by atoms with E-state index in [2.05, 4.69) is 0 Å². The number of carbonyl (C=O) groups excluding carboxylic acids is 1. The van der Waals surface area contributed by atoms with Crippen LogP contribution < -0.4 is 4.74 Å². The Labute approximate surface area is 78.5 Å². The molecule has 0 aromatic heterocycles. The minimum atomic E-state index is 0.0977. The highest BCUT2D eigenvalue weighted by Gasteiger charge is 2.06. The average Bonchev–Trinajstić information content (AvgIpc) is 2.03. The first-order valence-electron chi connectivity index (χ1n) is 4.36. The molecule has 0 aliphatic rings. The van der Waals surface area contributed by atoms with Gasteiger partial charge in [0.1, 0.15) is 5.75 Å². The second-order valence-electron chi connectivity index (χ2n) is 3.27. The minimum absolute atomic E-state index is 0.0977. The van der Waals surface area contributed by atoms with Crippen LogP contribution in [0.1, 0.15) is 29.8 Å². The van der Waals surface area contributed by atoms with Gasteiger partial charge in [0.05, 0.1) is 11.7 Å². The van der Waals surface area contributed by atoms with Crippen LogP contribution in [-0.4, -0.2) is 12.4 Å². The van der Waals surface area contributed by atoms with Crippen molar-refractivity contribution >= 4 is 6.29 Å². The molecule has 1 aromatic carbocycles. The highest BCUT2D eigenvalue weighted by molar-refractivity contribution is 5.81. The topological polar surface area (TPSA) is 26.3 Å². The maximum absolute atomic E-state index is 10.7. The predicted octanol–water partition coefficient (Wildman–Crippen LogP) is 2.59. The van der Waals surface area contributed by atoms with Crippen LogP contribution >= 0.6 is 0 Å². The lowest BCUT2D eigenvalue weighted by Gasteiger charge is -2.12. The number of ether oxygens (including phenoxy) is 1. The zero-order valence-electron chi connectivity index (χ0n) is 8.20. The Morgan fingerprint density at radius 3 is 2.62 bits per heavy atom. The molecule has 0 bridgehead atoms. The van der Waals surface area contributed by atoms with Gasteiger partial charge in [-0.3, -0.25) is 4.79 Å². The molecule has 0 heterocycles. The lowest BCUT2D eigenvalue weighted by molar-refractivity contribution is 0.111. The summed E-state index contributed by atoms with van der Waals surface area (Å²) < 4.78 is 5.49. The molecule has 0 atom stereocenters. The van der Waals surface area contributed by atoms with Gasteiger partial charge in [-0.15, -0.1) is 0 Å². The van der Waals surface area contributed by atoms with Crippen LogP contribution in [0.5, 0.6) is 5.75 Å². The predicted molar refractivity (Wildman–Crippen MR) is 52.3 cm³/mol. The van der Waals surface area contributed by atoms with Crippen molar-refractivity contribution in [2.24, 2.45) is 0 Å². The Morgan fingerprint density at radius 2 is 2.08 bits per heavy atom. The normalized spacial score (nSPS) is 10.2. The molecule has 0 amide bonds. The summed E-state index contributed by atoms with van der Waals surface area (Å²) in [7, 11) is 0. The van der Waals surface area contributed by atoms with Crippen LogP contribution in [-0.2, 0) is 0 Å². The molecule has 0 unspecified atom stereocenters. The average molecular weight is 178 g/mol. The van der Waals surface area contributed by atoms with E-state index in [1.165, 1.54) is 0 Å². The van der Waals surface area contributed by atoms with Gasteiger partial charge in [-0.05, 0) is 32.4 Å². The summed E-state index contributed by atoms with van der Waals surface area (Å²) in [5.74, 6) is 0.671. The van der Waals surface area contributed by atoms with Crippen LogP contribution in [0, 0.1) is 6.92 Å². The summed E-state index contributed by atoms with van der Waals surface area (Å²) in [6, 6.07) is 5.60. The third-order valence-electron chi connectivity index (χ3n) is 1.76. The van der Waals surface area contributed by atoms with Gasteiger partial charge in [-0.1, -0.05) is 12.1 Å². The number of benzene rings is 1. The van der Waals surface area contributed by atoms with Crippen LogP contribution in [0.4, 0.5) is 0 Å². The van der Waals surface area contributed by atoms with E-state index in [-0.39, 0.29) is 6.10 Å². The van der Waals surface area contributed by atoms with Gasteiger partial charge in [-0.2, -0.15) is 0 Å². The third-order valence-corrected chi connectivity index (χ3v) is 1.76. The van der Waals surface area contributed by atoms with Gasteiger partial charge in [-0.25, -0.2) is 0 Å². The van der Waals surface area contributed by atoms with Gasteiger partial charge in [0.15, 0.2) is 6.29 Å². The van der Waals surface area contributed by atoms with E-state index in [9.17, 15) is 4.79 Å². The fourth-order valence-corrected chi connectivity index (χ4v) is 1.16. The fourth-order valence-electron chi connectivity index (χ4n) is 1.16. The zero-order valence-corrected chi connectivity index (χ0v) is 8.20. The highest BCUT2D eigenvalue weighted by Crippen LogP contribution is 2.20. The van der Waals surface area contributed by atoms with Crippen molar-refractivity contribution in [3.63, 3.8) is 0 Å². The Morgan fingerprint density at radius 1 is 1.38 bits per heavy atom. The largest absolute Gasteiger partial charge is 0.490 e. The highest BCUT2D eigenvalue weighted by atomic mass is 16.5. The lowest BCUT2D eigenvalue weighted by Crippen LogP contribution is -2.07. The second kappa shape index (κ2) is 4.08. The molecule has 0 N–H and O–H groups in total. The molecule has 0 spiro atoms. The smallest absolute Gasteiger partial charge is 0.154 e. The van der Waals surface area contributed by atoms with E-state index < -0.39 is 0 Å². The molecule has 1 rings (SSSR count). The van der Waals surface area contributed by atoms with E-state index in [1.54, 1.807) is 0 Å². The Kier molecular flexibility index (Phi) is 3.07. The van der Waals surface area contributed by atoms with Crippen LogP contribution in [0.25, 0.3) is 0 Å². The quantitative estimate of drug-likeness (QED) is 0.665. The number of aldehydes is 1. The van der Waals surface area contributed by atoms with E-state index in [4.69, 9.17) is 4.74 Å². The molecule has 0 fully saturated rings. The Hall–Kier alpha value is -1.31. The maximum atomic E-state index is 10.7. The number of aryl methyl sites for hydroxylation is 1. The molecule has 0 aliphatic heterocycles. The first kappa shape index (κ1) is 9.78. The summed E-state index contributed by atoms with van der Waals surface area (Å²) in [6.07, 6.45) is 0.938. The Balaban J connectivity index is 3.05. The summed E-state index contributed by atoms with van der Waals surface area (Å²) in [6.45, 7) is 5.78. The third kappa shape index (κ3) is 2.31. The van der Waals surface area contributed by atoms with Crippen molar-refractivity contribution in [2.45, 2.75) is 26.9 Å². The van der Waals surface area contributed by atoms with E-state index in [0.717, 1.165) is 11.8 Å². The number of hydrogen-bond donors (Lipinski definition) is 0. The molecule has 70 valence electrons. The van der Waals surface area contributed by atoms with Crippen molar-refractivity contribution in [3.8, 4) is 5.75 Å². The molecule has 2 nitrogen and oxygen atoms in total. The zero-order chi connectivity index (χ0) is 9.84. The fraction of sp³-hybridized carbons (Fsp3) is 0.364. The molecule has 0 saturated carbocycles. The Bertz CT molecular complexity index is 303. The first-order valence-corrected chi connectivity index (χ1v) is 4.36. The van der Waals surface area contributed by atoms with Gasteiger partial charge in [0, 0.05) is 0 Å². The summed E-state index contributed by atoms with van der Waals surface area (Å²) in [5.41, 5.74) is 1.60. The number of hydrogen-bond acceptors (Lipinski definition) is 2. The molecule has 0 saturated heterocycles. The van der Waals surface area contributed by atoms with Gasteiger partial charge in [0.25, 0.3) is 0 Å². The number of carbonyl (C=O) groups is 1. The molecule has 1 aromatic rings. The summed E-state index contributed by atoms with van der Waals surface area (Å²) in [4.78, 5) is 10.7. The van der Waals surface area contributed by atoms with E-state index in [1.807, 2.05) is 39.0 Å². The number of rotatable bonds is 3. The van der Waals surface area contributed by atoms with Crippen LogP contribution in [0.15, 0.2) is 18.2 Å². The molecule has 13 heavy (non-hydrogen) atoms. The van der Waals surface area contributed by atoms with Crippen molar-refractivity contribution < 1.29 is 9.53 Å². The SMILES string of the molecule is Cc1cccc(OC(C)C)c1C=O. The standard InChI is InChI=1S/C11H14O2/c1-8(2)13-11-6-4-5-9(3)10(11)7-12/h4-8H,1-3H3. The van der Waals surface area contributed by atoms with Crippen molar-refractivity contribution in [3.05, 3.63) is 29.3 Å². The first-order chi connectivity index (χ1) is 6.15. The van der Waals surface area contributed by atoms with Gasteiger partial charge < -0.3 is 4.74 Å². The minimum Gasteiger partial charge on any atom is -0.490 e. The van der Waals surface area contributed by atoms with Crippen molar-refractivity contribution in [2.75, 3.05) is 0 Å². The van der Waals surface area contributed by atoms with Gasteiger partial charge in [0.2, 0.25) is 0 Å². The second-order valence-corrected chi connectivity index (χ2v) is 3.27. The van der Waals surface area contributed by atoms with Gasteiger partial charge >= 0.3 is 0 Å². The molecule has 2 heteroatoms.